The zero-order valence-corrected chi connectivity index (χ0v) is 16.6. The highest BCUT2D eigenvalue weighted by Gasteiger charge is 2.22. The van der Waals surface area contributed by atoms with Crippen LogP contribution in [-0.2, 0) is 11.2 Å². The summed E-state index contributed by atoms with van der Waals surface area (Å²) in [5.74, 6) is 0.126. The molecule has 0 bridgehead atoms. The maximum Gasteiger partial charge on any atom is 0.258 e. The molecule has 0 saturated carbocycles. The smallest absolute Gasteiger partial charge is 0.258 e. The summed E-state index contributed by atoms with van der Waals surface area (Å²) in [7, 11) is 0. The molecule has 1 aliphatic rings. The number of halogens is 1. The first kappa shape index (κ1) is 20.0. The van der Waals surface area contributed by atoms with E-state index in [4.69, 9.17) is 4.52 Å². The summed E-state index contributed by atoms with van der Waals surface area (Å²) < 4.78 is 18.5. The predicted molar refractivity (Wildman–Crippen MR) is 112 cm³/mol. The van der Waals surface area contributed by atoms with Gasteiger partial charge in [0.2, 0.25) is 5.91 Å². The molecular weight excluding hydrogens is 383 g/mol. The number of rotatable bonds is 6. The van der Waals surface area contributed by atoms with Gasteiger partial charge >= 0.3 is 0 Å². The Hall–Kier alpha value is -3.32. The average Bonchev–Trinajstić information content (AvgIpc) is 3.23. The molecule has 30 heavy (non-hydrogen) atoms. The van der Waals surface area contributed by atoms with E-state index in [0.717, 1.165) is 19.6 Å². The number of piperazine rings is 1. The Balaban J connectivity index is 1.25. The zero-order valence-electron chi connectivity index (χ0n) is 16.6. The van der Waals surface area contributed by atoms with Gasteiger partial charge in [-0.3, -0.25) is 9.69 Å². The molecule has 0 aliphatic carbocycles. The van der Waals surface area contributed by atoms with Gasteiger partial charge in [0.1, 0.15) is 5.82 Å². The van der Waals surface area contributed by atoms with Crippen molar-refractivity contribution in [2.75, 3.05) is 32.7 Å². The summed E-state index contributed by atoms with van der Waals surface area (Å²) in [6.45, 7) is 3.86. The van der Waals surface area contributed by atoms with Crippen molar-refractivity contribution in [1.82, 2.24) is 19.9 Å². The lowest BCUT2D eigenvalue weighted by molar-refractivity contribution is -0.132. The molecule has 3 aromatic rings. The highest BCUT2D eigenvalue weighted by atomic mass is 19.1. The second kappa shape index (κ2) is 9.45. The number of carbonyl (C=O) groups excluding carboxylic acids is 1. The average molecular weight is 406 g/mol. The highest BCUT2D eigenvalue weighted by Crippen LogP contribution is 2.18. The molecule has 0 atom stereocenters. The number of hydrogen-bond acceptors (Lipinski definition) is 5. The zero-order chi connectivity index (χ0) is 20.8. The molecule has 1 saturated heterocycles. The summed E-state index contributed by atoms with van der Waals surface area (Å²) in [6.07, 6.45) is 4.34. The van der Waals surface area contributed by atoms with Gasteiger partial charge in [0, 0.05) is 38.3 Å². The third kappa shape index (κ3) is 5.18. The first-order valence-electron chi connectivity index (χ1n) is 9.97. The Morgan fingerprint density at radius 3 is 2.63 bits per heavy atom. The van der Waals surface area contributed by atoms with Gasteiger partial charge in [-0.2, -0.15) is 4.98 Å². The van der Waals surface area contributed by atoms with Gasteiger partial charge in [0.05, 0.1) is 6.42 Å². The highest BCUT2D eigenvalue weighted by molar-refractivity contribution is 5.78. The standard InChI is InChI=1S/C23H23FN4O2/c24-20-10-4-9-19(16-20)23-25-21(26-30-23)17-22(29)28-14-12-27(13-15-28)11-5-8-18-6-2-1-3-7-18/h1-10,16H,11-15,17H2. The Bertz CT molecular complexity index is 1010. The van der Waals surface area contributed by atoms with E-state index in [1.165, 1.54) is 17.7 Å². The molecule has 0 unspecified atom stereocenters. The fraction of sp³-hybridized carbons (Fsp3) is 0.261. The predicted octanol–water partition coefficient (Wildman–Crippen LogP) is 3.28. The third-order valence-corrected chi connectivity index (χ3v) is 5.05. The second-order valence-corrected chi connectivity index (χ2v) is 7.20. The van der Waals surface area contributed by atoms with E-state index in [-0.39, 0.29) is 24.0 Å². The van der Waals surface area contributed by atoms with Crippen LogP contribution in [0.2, 0.25) is 0 Å². The van der Waals surface area contributed by atoms with Crippen molar-refractivity contribution in [2.45, 2.75) is 6.42 Å². The van der Waals surface area contributed by atoms with Crippen molar-refractivity contribution in [3.05, 3.63) is 77.9 Å². The molecule has 0 spiro atoms. The summed E-state index contributed by atoms with van der Waals surface area (Å²) in [4.78, 5) is 21.0. The van der Waals surface area contributed by atoms with Crippen LogP contribution in [0.3, 0.4) is 0 Å². The van der Waals surface area contributed by atoms with Gasteiger partial charge in [-0.1, -0.05) is 53.7 Å². The SMILES string of the molecule is O=C(Cc1noc(-c2cccc(F)c2)n1)N1CCN(CC=Cc2ccccc2)CC1. The minimum absolute atomic E-state index is 0.0268. The number of nitrogens with zero attached hydrogens (tertiary/aromatic N) is 4. The van der Waals surface area contributed by atoms with Crippen LogP contribution in [0.25, 0.3) is 17.5 Å². The van der Waals surface area contributed by atoms with Crippen LogP contribution < -0.4 is 0 Å². The fourth-order valence-corrected chi connectivity index (χ4v) is 3.39. The lowest BCUT2D eigenvalue weighted by Gasteiger charge is -2.34. The molecule has 2 aromatic carbocycles. The van der Waals surface area contributed by atoms with E-state index in [0.29, 0.717) is 24.5 Å². The molecule has 154 valence electrons. The molecule has 7 heteroatoms. The van der Waals surface area contributed by atoms with Gasteiger partial charge in [-0.15, -0.1) is 0 Å². The minimum atomic E-state index is -0.375. The van der Waals surface area contributed by atoms with E-state index in [1.807, 2.05) is 23.1 Å². The molecule has 4 rings (SSSR count). The monoisotopic (exact) mass is 406 g/mol. The molecule has 1 aliphatic heterocycles. The topological polar surface area (TPSA) is 62.5 Å². The van der Waals surface area contributed by atoms with E-state index < -0.39 is 0 Å². The fourth-order valence-electron chi connectivity index (χ4n) is 3.39. The van der Waals surface area contributed by atoms with E-state index in [2.05, 4.69) is 39.3 Å². The van der Waals surface area contributed by atoms with Gasteiger partial charge in [0.15, 0.2) is 5.82 Å². The quantitative estimate of drug-likeness (QED) is 0.629. The van der Waals surface area contributed by atoms with Gasteiger partial charge in [0.25, 0.3) is 5.89 Å². The molecule has 6 nitrogen and oxygen atoms in total. The number of amides is 1. The lowest BCUT2D eigenvalue weighted by atomic mass is 10.2. The van der Waals surface area contributed by atoms with Crippen LogP contribution in [0, 0.1) is 5.82 Å². The third-order valence-electron chi connectivity index (χ3n) is 5.05. The number of benzene rings is 2. The normalized spacial score (nSPS) is 15.0. The van der Waals surface area contributed by atoms with Gasteiger partial charge in [-0.25, -0.2) is 4.39 Å². The molecule has 2 heterocycles. The largest absolute Gasteiger partial charge is 0.340 e. The summed E-state index contributed by atoms with van der Waals surface area (Å²) >= 11 is 0. The maximum absolute atomic E-state index is 13.3. The number of hydrogen-bond donors (Lipinski definition) is 0. The first-order valence-corrected chi connectivity index (χ1v) is 9.97. The number of aromatic nitrogens is 2. The number of carbonyl (C=O) groups is 1. The van der Waals surface area contributed by atoms with Crippen LogP contribution in [0.1, 0.15) is 11.4 Å². The Kier molecular flexibility index (Phi) is 6.29. The van der Waals surface area contributed by atoms with Crippen molar-refractivity contribution in [2.24, 2.45) is 0 Å². The molecule has 0 radical (unpaired) electrons. The summed E-state index contributed by atoms with van der Waals surface area (Å²) in [5.41, 5.74) is 1.68. The summed E-state index contributed by atoms with van der Waals surface area (Å²) in [6, 6.07) is 16.1. The van der Waals surface area contributed by atoms with Crippen molar-refractivity contribution in [1.29, 1.82) is 0 Å². The molecule has 0 N–H and O–H groups in total. The van der Waals surface area contributed by atoms with Gasteiger partial charge < -0.3 is 9.42 Å². The van der Waals surface area contributed by atoms with E-state index in [1.54, 1.807) is 12.1 Å². The second-order valence-electron chi connectivity index (χ2n) is 7.20. The van der Waals surface area contributed by atoms with Crippen LogP contribution in [0.5, 0.6) is 0 Å². The van der Waals surface area contributed by atoms with Crippen molar-refractivity contribution >= 4 is 12.0 Å². The maximum atomic E-state index is 13.3. The van der Waals surface area contributed by atoms with Crippen molar-refractivity contribution in [3.8, 4) is 11.5 Å². The summed E-state index contributed by atoms with van der Waals surface area (Å²) in [5, 5.41) is 3.87. The van der Waals surface area contributed by atoms with Crippen LogP contribution in [0.4, 0.5) is 4.39 Å². The van der Waals surface area contributed by atoms with Crippen LogP contribution >= 0.6 is 0 Å². The van der Waals surface area contributed by atoms with Crippen LogP contribution in [-0.4, -0.2) is 58.6 Å². The Morgan fingerprint density at radius 1 is 1.07 bits per heavy atom. The molecule has 1 aromatic heterocycles. The first-order chi connectivity index (χ1) is 14.7. The van der Waals surface area contributed by atoms with Crippen molar-refractivity contribution in [3.63, 3.8) is 0 Å². The lowest BCUT2D eigenvalue weighted by Crippen LogP contribution is -2.49. The Labute approximate surface area is 174 Å². The Morgan fingerprint density at radius 2 is 1.87 bits per heavy atom. The molecule has 1 amide bonds. The molecule has 1 fully saturated rings. The van der Waals surface area contributed by atoms with E-state index >= 15 is 0 Å². The van der Waals surface area contributed by atoms with E-state index in [9.17, 15) is 9.18 Å². The van der Waals surface area contributed by atoms with Crippen molar-refractivity contribution < 1.29 is 13.7 Å². The minimum Gasteiger partial charge on any atom is -0.340 e. The molecular formula is C23H23FN4O2. The van der Waals surface area contributed by atoms with Crippen LogP contribution in [0.15, 0.2) is 65.2 Å². The van der Waals surface area contributed by atoms with Gasteiger partial charge in [-0.05, 0) is 23.8 Å².